The minimum atomic E-state index is -3.84. The Balaban J connectivity index is 2.04. The molecule has 3 aromatic rings. The van der Waals surface area contributed by atoms with Gasteiger partial charge in [-0.3, -0.25) is 9.82 Å². The Morgan fingerprint density at radius 1 is 1.15 bits per heavy atom. The van der Waals surface area contributed by atoms with Crippen LogP contribution in [0.25, 0.3) is 10.9 Å². The topological polar surface area (TPSA) is 74.8 Å². The summed E-state index contributed by atoms with van der Waals surface area (Å²) in [5.41, 5.74) is 1.10. The maximum atomic E-state index is 13.1. The SMILES string of the molecule is O=S(=O)(Nc1cccc2[nH]ncc12)c1cccc(F)c1. The number of aromatic nitrogens is 2. The number of anilines is 1. The lowest BCUT2D eigenvalue weighted by Crippen LogP contribution is -2.13. The van der Waals surface area contributed by atoms with Crippen LogP contribution in [-0.2, 0) is 10.0 Å². The normalized spacial score (nSPS) is 11.7. The summed E-state index contributed by atoms with van der Waals surface area (Å²) in [6.07, 6.45) is 1.53. The van der Waals surface area contributed by atoms with Gasteiger partial charge in [0.25, 0.3) is 10.0 Å². The summed E-state index contributed by atoms with van der Waals surface area (Å²) in [7, 11) is -3.84. The molecule has 0 bridgehead atoms. The number of halogens is 1. The van der Waals surface area contributed by atoms with E-state index in [1.807, 2.05) is 0 Å². The lowest BCUT2D eigenvalue weighted by atomic mass is 10.2. The molecule has 0 unspecified atom stereocenters. The smallest absolute Gasteiger partial charge is 0.262 e. The fourth-order valence-corrected chi connectivity index (χ4v) is 3.01. The molecule has 0 aliphatic rings. The van der Waals surface area contributed by atoms with Crippen LogP contribution in [0.5, 0.6) is 0 Å². The van der Waals surface area contributed by atoms with E-state index in [1.54, 1.807) is 18.2 Å². The summed E-state index contributed by atoms with van der Waals surface area (Å²) < 4.78 is 40.0. The van der Waals surface area contributed by atoms with Crippen molar-refractivity contribution in [3.05, 3.63) is 54.5 Å². The molecular formula is C13H10FN3O2S. The molecule has 0 aliphatic carbocycles. The van der Waals surface area contributed by atoms with Crippen molar-refractivity contribution in [1.82, 2.24) is 10.2 Å². The van der Waals surface area contributed by atoms with Crippen molar-refractivity contribution in [2.24, 2.45) is 0 Å². The average molecular weight is 291 g/mol. The van der Waals surface area contributed by atoms with Crippen molar-refractivity contribution >= 4 is 26.6 Å². The Hall–Kier alpha value is -2.41. The monoisotopic (exact) mass is 291 g/mol. The number of sulfonamides is 1. The second kappa shape index (κ2) is 4.61. The van der Waals surface area contributed by atoms with Gasteiger partial charge in [0.15, 0.2) is 0 Å². The van der Waals surface area contributed by atoms with E-state index >= 15 is 0 Å². The maximum absolute atomic E-state index is 13.1. The summed E-state index contributed by atoms with van der Waals surface area (Å²) in [5, 5.41) is 7.25. The summed E-state index contributed by atoms with van der Waals surface area (Å²) in [6, 6.07) is 9.94. The van der Waals surface area contributed by atoms with E-state index in [0.717, 1.165) is 6.07 Å². The van der Waals surface area contributed by atoms with Gasteiger partial charge in [-0.25, -0.2) is 12.8 Å². The van der Waals surface area contributed by atoms with Gasteiger partial charge in [-0.05, 0) is 30.3 Å². The van der Waals surface area contributed by atoms with Gasteiger partial charge in [0.2, 0.25) is 0 Å². The molecule has 20 heavy (non-hydrogen) atoms. The van der Waals surface area contributed by atoms with Crippen molar-refractivity contribution < 1.29 is 12.8 Å². The van der Waals surface area contributed by atoms with E-state index in [1.165, 1.54) is 24.4 Å². The van der Waals surface area contributed by atoms with Crippen LogP contribution in [0, 0.1) is 5.82 Å². The third kappa shape index (κ3) is 2.23. The first kappa shape index (κ1) is 12.6. The van der Waals surface area contributed by atoms with Crippen molar-refractivity contribution in [2.75, 3.05) is 4.72 Å². The number of fused-ring (bicyclic) bond motifs is 1. The van der Waals surface area contributed by atoms with E-state index in [2.05, 4.69) is 14.9 Å². The zero-order valence-corrected chi connectivity index (χ0v) is 11.0. The quantitative estimate of drug-likeness (QED) is 0.778. The molecule has 0 atom stereocenters. The molecule has 0 amide bonds. The van der Waals surface area contributed by atoms with Crippen molar-refractivity contribution in [3.8, 4) is 0 Å². The van der Waals surface area contributed by atoms with Gasteiger partial charge in [-0.2, -0.15) is 5.10 Å². The van der Waals surface area contributed by atoms with Gasteiger partial charge in [-0.1, -0.05) is 12.1 Å². The first-order valence-electron chi connectivity index (χ1n) is 5.77. The number of nitrogens with one attached hydrogen (secondary N) is 2. The van der Waals surface area contributed by atoms with Crippen LogP contribution in [0.4, 0.5) is 10.1 Å². The zero-order valence-electron chi connectivity index (χ0n) is 10.2. The van der Waals surface area contributed by atoms with E-state index in [4.69, 9.17) is 0 Å². The minimum absolute atomic E-state index is 0.127. The highest BCUT2D eigenvalue weighted by molar-refractivity contribution is 7.92. The maximum Gasteiger partial charge on any atom is 0.262 e. The number of hydrogen-bond acceptors (Lipinski definition) is 3. The minimum Gasteiger partial charge on any atom is -0.279 e. The molecule has 0 radical (unpaired) electrons. The number of rotatable bonds is 3. The molecular weight excluding hydrogens is 281 g/mol. The van der Waals surface area contributed by atoms with Crippen molar-refractivity contribution in [1.29, 1.82) is 0 Å². The molecule has 0 saturated carbocycles. The number of hydrogen-bond donors (Lipinski definition) is 2. The number of nitrogens with zero attached hydrogens (tertiary/aromatic N) is 1. The molecule has 0 fully saturated rings. The molecule has 7 heteroatoms. The summed E-state index contributed by atoms with van der Waals surface area (Å²) >= 11 is 0. The van der Waals surface area contributed by atoms with Crippen LogP contribution in [0.15, 0.2) is 53.6 Å². The fraction of sp³-hybridized carbons (Fsp3) is 0. The highest BCUT2D eigenvalue weighted by Crippen LogP contribution is 2.24. The van der Waals surface area contributed by atoms with Crippen LogP contribution in [0.3, 0.4) is 0 Å². The molecule has 102 valence electrons. The van der Waals surface area contributed by atoms with Crippen molar-refractivity contribution in [2.45, 2.75) is 4.90 Å². The molecule has 0 saturated heterocycles. The molecule has 3 rings (SSSR count). The van der Waals surface area contributed by atoms with Crippen LogP contribution < -0.4 is 4.72 Å². The van der Waals surface area contributed by atoms with Crippen LogP contribution in [0.1, 0.15) is 0 Å². The third-order valence-corrected chi connectivity index (χ3v) is 4.20. The van der Waals surface area contributed by atoms with Gasteiger partial charge in [0, 0.05) is 5.39 Å². The summed E-state index contributed by atoms with van der Waals surface area (Å²) in [5.74, 6) is -0.602. The fourth-order valence-electron chi connectivity index (χ4n) is 1.89. The van der Waals surface area contributed by atoms with E-state index in [0.29, 0.717) is 16.6 Å². The molecule has 2 N–H and O–H groups in total. The van der Waals surface area contributed by atoms with E-state index < -0.39 is 15.8 Å². The predicted molar refractivity (Wildman–Crippen MR) is 73.3 cm³/mol. The van der Waals surface area contributed by atoms with Gasteiger partial charge >= 0.3 is 0 Å². The van der Waals surface area contributed by atoms with Crippen LogP contribution >= 0.6 is 0 Å². The number of aromatic amines is 1. The molecule has 0 aliphatic heterocycles. The lowest BCUT2D eigenvalue weighted by molar-refractivity contribution is 0.595. The lowest BCUT2D eigenvalue weighted by Gasteiger charge is -2.08. The number of benzene rings is 2. The average Bonchev–Trinajstić information content (AvgIpc) is 2.88. The first-order chi connectivity index (χ1) is 9.56. The van der Waals surface area contributed by atoms with E-state index in [-0.39, 0.29) is 4.90 Å². The molecule has 0 spiro atoms. The molecule has 1 aromatic heterocycles. The highest BCUT2D eigenvalue weighted by Gasteiger charge is 2.16. The Labute approximate surface area is 114 Å². The van der Waals surface area contributed by atoms with Gasteiger partial charge in [0.05, 0.1) is 22.3 Å². The molecule has 2 aromatic carbocycles. The Kier molecular flexibility index (Phi) is 2.90. The summed E-state index contributed by atoms with van der Waals surface area (Å²) in [4.78, 5) is -0.127. The van der Waals surface area contributed by atoms with Crippen LogP contribution in [0.2, 0.25) is 0 Å². The largest absolute Gasteiger partial charge is 0.279 e. The Bertz CT molecular complexity index is 874. The second-order valence-corrected chi connectivity index (χ2v) is 5.88. The van der Waals surface area contributed by atoms with Crippen LogP contribution in [-0.4, -0.2) is 18.6 Å². The van der Waals surface area contributed by atoms with Crippen molar-refractivity contribution in [3.63, 3.8) is 0 Å². The highest BCUT2D eigenvalue weighted by atomic mass is 32.2. The summed E-state index contributed by atoms with van der Waals surface area (Å²) in [6.45, 7) is 0. The Morgan fingerprint density at radius 3 is 2.75 bits per heavy atom. The number of H-pyrrole nitrogens is 1. The standard InChI is InChI=1S/C13H10FN3O2S/c14-9-3-1-4-10(7-9)20(18,19)17-13-6-2-5-12-11(13)8-15-16-12/h1-8,17H,(H,15,16). The molecule has 5 nitrogen and oxygen atoms in total. The predicted octanol–water partition coefficient (Wildman–Crippen LogP) is 2.50. The molecule has 1 heterocycles. The third-order valence-electron chi connectivity index (χ3n) is 2.84. The Morgan fingerprint density at radius 2 is 1.95 bits per heavy atom. The van der Waals surface area contributed by atoms with Gasteiger partial charge in [0.1, 0.15) is 5.82 Å². The first-order valence-corrected chi connectivity index (χ1v) is 7.25. The van der Waals surface area contributed by atoms with Gasteiger partial charge < -0.3 is 0 Å². The zero-order chi connectivity index (χ0) is 14.2. The van der Waals surface area contributed by atoms with Gasteiger partial charge in [-0.15, -0.1) is 0 Å². The van der Waals surface area contributed by atoms with E-state index in [9.17, 15) is 12.8 Å². The second-order valence-electron chi connectivity index (χ2n) is 4.20.